The van der Waals surface area contributed by atoms with E-state index in [9.17, 15) is 4.39 Å². The number of hydrogen-bond acceptors (Lipinski definition) is 4. The molecule has 0 radical (unpaired) electrons. The van der Waals surface area contributed by atoms with Crippen molar-refractivity contribution in [2.24, 2.45) is 5.92 Å². The van der Waals surface area contributed by atoms with Crippen molar-refractivity contribution >= 4 is 0 Å². The number of likely N-dealkylation sites (N-methyl/N-ethyl adjacent to an activating group) is 1. The normalized spacial score (nSPS) is 12.8. The van der Waals surface area contributed by atoms with E-state index in [1.54, 1.807) is 12.4 Å². The molecule has 0 saturated carbocycles. The van der Waals surface area contributed by atoms with Gasteiger partial charge in [-0.2, -0.15) is 5.10 Å². The molecule has 0 aliphatic heterocycles. The van der Waals surface area contributed by atoms with Crippen molar-refractivity contribution in [3.05, 3.63) is 42.0 Å². The van der Waals surface area contributed by atoms with Crippen molar-refractivity contribution in [2.45, 2.75) is 32.9 Å². The van der Waals surface area contributed by atoms with Gasteiger partial charge in [-0.3, -0.25) is 4.98 Å². The minimum absolute atomic E-state index is 0.00860. The Morgan fingerprint density at radius 1 is 1.30 bits per heavy atom. The maximum absolute atomic E-state index is 12.9. The molecule has 1 unspecified atom stereocenters. The number of halogens is 1. The average Bonchev–Trinajstić information content (AvgIpc) is 2.83. The summed E-state index contributed by atoms with van der Waals surface area (Å²) in [6.07, 6.45) is 3.48. The number of nitrogens with zero attached hydrogens (tertiary/aromatic N) is 4. The van der Waals surface area contributed by atoms with Gasteiger partial charge in [0.1, 0.15) is 18.0 Å². The van der Waals surface area contributed by atoms with E-state index in [2.05, 4.69) is 34.2 Å². The van der Waals surface area contributed by atoms with Crippen molar-refractivity contribution in [1.29, 1.82) is 0 Å². The van der Waals surface area contributed by atoms with Gasteiger partial charge in [0, 0.05) is 13.0 Å². The van der Waals surface area contributed by atoms with Crippen molar-refractivity contribution in [3.8, 4) is 0 Å². The first-order chi connectivity index (χ1) is 9.60. The summed E-state index contributed by atoms with van der Waals surface area (Å²) in [4.78, 5) is 8.44. The number of aromatic nitrogens is 4. The zero-order chi connectivity index (χ0) is 14.5. The molecule has 0 aromatic carbocycles. The molecular formula is C14H20FN5. The van der Waals surface area contributed by atoms with Gasteiger partial charge in [0.15, 0.2) is 0 Å². The van der Waals surface area contributed by atoms with E-state index in [0.29, 0.717) is 12.3 Å². The van der Waals surface area contributed by atoms with Crippen LogP contribution in [0.3, 0.4) is 0 Å². The van der Waals surface area contributed by atoms with Crippen LogP contribution in [0.2, 0.25) is 0 Å². The van der Waals surface area contributed by atoms with Crippen LogP contribution in [-0.2, 0) is 13.0 Å². The van der Waals surface area contributed by atoms with Crippen molar-refractivity contribution in [1.82, 2.24) is 25.1 Å². The fraction of sp³-hybridized carbons (Fsp3) is 0.500. The molecule has 0 spiro atoms. The topological polar surface area (TPSA) is 55.6 Å². The van der Waals surface area contributed by atoms with Crippen molar-refractivity contribution in [2.75, 3.05) is 7.05 Å². The van der Waals surface area contributed by atoms with Crippen LogP contribution in [0.1, 0.15) is 31.4 Å². The summed E-state index contributed by atoms with van der Waals surface area (Å²) in [5.41, 5.74) is 0.799. The van der Waals surface area contributed by atoms with E-state index in [1.807, 2.05) is 11.7 Å². The Kier molecular flexibility index (Phi) is 4.79. The maximum Gasteiger partial charge on any atom is 0.141 e. The van der Waals surface area contributed by atoms with E-state index in [1.165, 1.54) is 12.3 Å². The monoisotopic (exact) mass is 277 g/mol. The third-order valence-electron chi connectivity index (χ3n) is 3.08. The van der Waals surface area contributed by atoms with Crippen LogP contribution in [0.25, 0.3) is 0 Å². The number of rotatable bonds is 6. The largest absolute Gasteiger partial charge is 0.311 e. The lowest BCUT2D eigenvalue weighted by Gasteiger charge is -2.16. The molecule has 6 heteroatoms. The molecule has 0 aliphatic carbocycles. The van der Waals surface area contributed by atoms with Gasteiger partial charge in [0.05, 0.1) is 17.9 Å². The third-order valence-corrected chi connectivity index (χ3v) is 3.08. The molecule has 108 valence electrons. The Labute approximate surface area is 118 Å². The third kappa shape index (κ3) is 3.60. The Morgan fingerprint density at radius 3 is 2.70 bits per heavy atom. The number of nitrogens with one attached hydrogen (secondary N) is 1. The molecule has 0 saturated heterocycles. The van der Waals surface area contributed by atoms with Gasteiger partial charge in [-0.15, -0.1) is 0 Å². The first-order valence-corrected chi connectivity index (χ1v) is 6.75. The lowest BCUT2D eigenvalue weighted by atomic mass is 10.1. The summed E-state index contributed by atoms with van der Waals surface area (Å²) < 4.78 is 14.8. The van der Waals surface area contributed by atoms with Gasteiger partial charge in [-0.1, -0.05) is 13.8 Å². The SMILES string of the molecule is CNC(Cc1ncnn1CC(C)C)c1ccc(F)cn1. The quantitative estimate of drug-likeness (QED) is 0.877. The molecule has 2 heterocycles. The van der Waals surface area contributed by atoms with Gasteiger partial charge >= 0.3 is 0 Å². The highest BCUT2D eigenvalue weighted by Crippen LogP contribution is 2.15. The molecule has 0 aliphatic rings. The maximum atomic E-state index is 12.9. The van der Waals surface area contributed by atoms with E-state index in [0.717, 1.165) is 18.1 Å². The van der Waals surface area contributed by atoms with Gasteiger partial charge in [-0.25, -0.2) is 14.1 Å². The van der Waals surface area contributed by atoms with E-state index in [-0.39, 0.29) is 11.9 Å². The first-order valence-electron chi connectivity index (χ1n) is 6.75. The molecule has 1 N–H and O–H groups in total. The molecule has 0 amide bonds. The highest BCUT2D eigenvalue weighted by atomic mass is 19.1. The Hall–Kier alpha value is -1.82. The Bertz CT molecular complexity index is 535. The lowest BCUT2D eigenvalue weighted by molar-refractivity contribution is 0.449. The van der Waals surface area contributed by atoms with Crippen LogP contribution < -0.4 is 5.32 Å². The summed E-state index contributed by atoms with van der Waals surface area (Å²) in [7, 11) is 1.86. The lowest BCUT2D eigenvalue weighted by Crippen LogP contribution is -2.22. The molecule has 5 nitrogen and oxygen atoms in total. The predicted molar refractivity (Wildman–Crippen MR) is 74.6 cm³/mol. The standard InChI is InChI=1S/C14H20FN5/c1-10(2)8-20-14(18-9-19-20)6-13(16-3)12-5-4-11(15)7-17-12/h4-5,7,9-10,13,16H,6,8H2,1-3H3. The number of pyridine rings is 1. The second kappa shape index (κ2) is 6.56. The second-order valence-electron chi connectivity index (χ2n) is 5.20. The smallest absolute Gasteiger partial charge is 0.141 e. The summed E-state index contributed by atoms with van der Waals surface area (Å²) in [5, 5.41) is 7.44. The highest BCUT2D eigenvalue weighted by Gasteiger charge is 2.16. The molecule has 2 rings (SSSR count). The first kappa shape index (κ1) is 14.6. The molecule has 1 atom stereocenters. The fourth-order valence-electron chi connectivity index (χ4n) is 2.08. The zero-order valence-corrected chi connectivity index (χ0v) is 12.0. The average molecular weight is 277 g/mol. The Morgan fingerprint density at radius 2 is 2.10 bits per heavy atom. The second-order valence-corrected chi connectivity index (χ2v) is 5.20. The molecular weight excluding hydrogens is 257 g/mol. The molecule has 0 bridgehead atoms. The summed E-state index contributed by atoms with van der Waals surface area (Å²) in [6, 6.07) is 3.11. The van der Waals surface area contributed by atoms with Gasteiger partial charge in [-0.05, 0) is 25.1 Å². The fourth-order valence-corrected chi connectivity index (χ4v) is 2.08. The van der Waals surface area contributed by atoms with Gasteiger partial charge in [0.2, 0.25) is 0 Å². The van der Waals surface area contributed by atoms with Gasteiger partial charge < -0.3 is 5.32 Å². The van der Waals surface area contributed by atoms with E-state index >= 15 is 0 Å². The van der Waals surface area contributed by atoms with Crippen molar-refractivity contribution < 1.29 is 4.39 Å². The highest BCUT2D eigenvalue weighted by molar-refractivity contribution is 5.11. The van der Waals surface area contributed by atoms with Gasteiger partial charge in [0.25, 0.3) is 0 Å². The van der Waals surface area contributed by atoms with Crippen molar-refractivity contribution in [3.63, 3.8) is 0 Å². The summed E-state index contributed by atoms with van der Waals surface area (Å²) >= 11 is 0. The molecule has 2 aromatic heterocycles. The summed E-state index contributed by atoms with van der Waals surface area (Å²) in [6.45, 7) is 5.12. The molecule has 0 fully saturated rings. The number of hydrogen-bond donors (Lipinski definition) is 1. The zero-order valence-electron chi connectivity index (χ0n) is 12.0. The van der Waals surface area contributed by atoms with Crippen LogP contribution in [-0.4, -0.2) is 26.8 Å². The minimum Gasteiger partial charge on any atom is -0.311 e. The predicted octanol–water partition coefficient (Wildman–Crippen LogP) is 1.97. The van der Waals surface area contributed by atoms with E-state index in [4.69, 9.17) is 0 Å². The summed E-state index contributed by atoms with van der Waals surface area (Å²) in [5.74, 6) is 1.09. The minimum atomic E-state index is -0.327. The molecule has 20 heavy (non-hydrogen) atoms. The molecule has 2 aromatic rings. The van der Waals surface area contributed by atoms with Crippen LogP contribution in [0.4, 0.5) is 4.39 Å². The van der Waals surface area contributed by atoms with Crippen LogP contribution in [0.15, 0.2) is 24.7 Å². The van der Waals surface area contributed by atoms with Crippen LogP contribution in [0.5, 0.6) is 0 Å². The van der Waals surface area contributed by atoms with Crippen LogP contribution in [0, 0.1) is 11.7 Å². The Balaban J connectivity index is 2.14. The van der Waals surface area contributed by atoms with Crippen LogP contribution >= 0.6 is 0 Å². The van der Waals surface area contributed by atoms with E-state index < -0.39 is 0 Å².